The van der Waals surface area contributed by atoms with Crippen molar-refractivity contribution in [2.45, 2.75) is 38.1 Å². The van der Waals surface area contributed by atoms with Crippen LogP contribution in [-0.2, 0) is 0 Å². The second kappa shape index (κ2) is 6.10. The number of hydrogen-bond donors (Lipinski definition) is 1. The van der Waals surface area contributed by atoms with E-state index < -0.39 is 11.6 Å². The van der Waals surface area contributed by atoms with E-state index in [0.29, 0.717) is 0 Å². The minimum atomic E-state index is -0.787. The summed E-state index contributed by atoms with van der Waals surface area (Å²) in [6, 6.07) is 4.21. The molecule has 0 saturated heterocycles. The van der Waals surface area contributed by atoms with Crippen molar-refractivity contribution < 1.29 is 8.78 Å². The number of benzene rings is 1. The smallest absolute Gasteiger partial charge is 0.159 e. The number of allylic oxidation sites excluding steroid dienone is 1. The number of rotatable bonds is 4. The standard InChI is InChI=1S/C15H19F2N/c1-18-15(9-11-5-3-2-4-6-11)12-7-8-13(16)14(17)10-12/h5,7-8,10,15,18H,2-4,6,9H2,1H3. The molecular formula is C15H19F2N. The molecule has 1 unspecified atom stereocenters. The molecule has 0 amide bonds. The molecule has 1 atom stereocenters. The fraction of sp³-hybridized carbons (Fsp3) is 0.467. The average molecular weight is 251 g/mol. The van der Waals surface area contributed by atoms with Crippen LogP contribution in [0.15, 0.2) is 29.8 Å². The minimum Gasteiger partial charge on any atom is -0.313 e. The van der Waals surface area contributed by atoms with Gasteiger partial charge >= 0.3 is 0 Å². The Kier molecular flexibility index (Phi) is 4.48. The van der Waals surface area contributed by atoms with Crippen LogP contribution in [0.2, 0.25) is 0 Å². The molecule has 1 nitrogen and oxygen atoms in total. The summed E-state index contributed by atoms with van der Waals surface area (Å²) in [5.41, 5.74) is 2.23. The first-order valence-corrected chi connectivity index (χ1v) is 6.51. The van der Waals surface area contributed by atoms with E-state index in [9.17, 15) is 8.78 Å². The Morgan fingerprint density at radius 2 is 2.06 bits per heavy atom. The largest absolute Gasteiger partial charge is 0.313 e. The lowest BCUT2D eigenvalue weighted by Crippen LogP contribution is -2.18. The van der Waals surface area contributed by atoms with E-state index in [-0.39, 0.29) is 6.04 Å². The molecule has 0 radical (unpaired) electrons. The van der Waals surface area contributed by atoms with Gasteiger partial charge < -0.3 is 5.32 Å². The van der Waals surface area contributed by atoms with Gasteiger partial charge in [0.2, 0.25) is 0 Å². The van der Waals surface area contributed by atoms with Crippen LogP contribution in [0.3, 0.4) is 0 Å². The zero-order chi connectivity index (χ0) is 13.0. The van der Waals surface area contributed by atoms with Crippen molar-refractivity contribution in [3.8, 4) is 0 Å². The molecule has 0 saturated carbocycles. The predicted octanol–water partition coefficient (Wildman–Crippen LogP) is 4.12. The first-order valence-electron chi connectivity index (χ1n) is 6.51. The Hall–Kier alpha value is -1.22. The molecular weight excluding hydrogens is 232 g/mol. The van der Waals surface area contributed by atoms with E-state index in [2.05, 4.69) is 11.4 Å². The van der Waals surface area contributed by atoms with Crippen LogP contribution in [0, 0.1) is 11.6 Å². The van der Waals surface area contributed by atoms with Gasteiger partial charge in [-0.1, -0.05) is 17.7 Å². The lowest BCUT2D eigenvalue weighted by atomic mass is 9.91. The zero-order valence-electron chi connectivity index (χ0n) is 10.7. The lowest BCUT2D eigenvalue weighted by Gasteiger charge is -2.21. The molecule has 1 aliphatic rings. The molecule has 0 aliphatic heterocycles. The number of hydrogen-bond acceptors (Lipinski definition) is 1. The van der Waals surface area contributed by atoms with Gasteiger partial charge in [0.05, 0.1) is 0 Å². The molecule has 2 rings (SSSR count). The van der Waals surface area contributed by atoms with Gasteiger partial charge in [-0.3, -0.25) is 0 Å². The minimum absolute atomic E-state index is 0.0597. The second-order valence-electron chi connectivity index (χ2n) is 4.83. The Morgan fingerprint density at radius 1 is 1.22 bits per heavy atom. The van der Waals surface area contributed by atoms with Crippen molar-refractivity contribution in [2.75, 3.05) is 7.05 Å². The van der Waals surface area contributed by atoms with E-state index in [1.54, 1.807) is 6.07 Å². The summed E-state index contributed by atoms with van der Waals surface area (Å²) in [7, 11) is 1.86. The molecule has 18 heavy (non-hydrogen) atoms. The molecule has 1 aromatic rings. The second-order valence-corrected chi connectivity index (χ2v) is 4.83. The van der Waals surface area contributed by atoms with Gasteiger partial charge in [0, 0.05) is 6.04 Å². The van der Waals surface area contributed by atoms with Crippen molar-refractivity contribution >= 4 is 0 Å². The van der Waals surface area contributed by atoms with Crippen LogP contribution in [0.5, 0.6) is 0 Å². The summed E-state index contributed by atoms with van der Waals surface area (Å²) in [5.74, 6) is -1.56. The Bertz CT molecular complexity index is 440. The van der Waals surface area contributed by atoms with E-state index >= 15 is 0 Å². The van der Waals surface area contributed by atoms with E-state index in [1.165, 1.54) is 30.5 Å². The molecule has 0 fully saturated rings. The maximum absolute atomic E-state index is 13.2. The van der Waals surface area contributed by atoms with Crippen LogP contribution in [0.25, 0.3) is 0 Å². The van der Waals surface area contributed by atoms with Gasteiger partial charge in [0.15, 0.2) is 11.6 Å². The van der Waals surface area contributed by atoms with Crippen molar-refractivity contribution in [2.24, 2.45) is 0 Å². The summed E-state index contributed by atoms with van der Waals surface area (Å²) < 4.78 is 26.2. The summed E-state index contributed by atoms with van der Waals surface area (Å²) in [5, 5.41) is 3.18. The average Bonchev–Trinajstić information content (AvgIpc) is 2.40. The highest BCUT2D eigenvalue weighted by atomic mass is 19.2. The maximum Gasteiger partial charge on any atom is 0.159 e. The highest BCUT2D eigenvalue weighted by molar-refractivity contribution is 5.23. The third kappa shape index (κ3) is 3.16. The van der Waals surface area contributed by atoms with Crippen LogP contribution >= 0.6 is 0 Å². The van der Waals surface area contributed by atoms with E-state index in [1.807, 2.05) is 7.05 Å². The van der Waals surface area contributed by atoms with Gasteiger partial charge in [-0.05, 0) is 56.8 Å². The molecule has 0 heterocycles. The molecule has 1 aromatic carbocycles. The molecule has 3 heteroatoms. The zero-order valence-corrected chi connectivity index (χ0v) is 10.7. The third-order valence-electron chi connectivity index (χ3n) is 3.55. The Balaban J connectivity index is 2.12. The third-order valence-corrected chi connectivity index (χ3v) is 3.55. The van der Waals surface area contributed by atoms with Crippen LogP contribution in [-0.4, -0.2) is 7.05 Å². The quantitative estimate of drug-likeness (QED) is 0.794. The first kappa shape index (κ1) is 13.2. The number of halogens is 2. The fourth-order valence-electron chi connectivity index (χ4n) is 2.47. The SMILES string of the molecule is CNC(CC1=CCCCC1)c1ccc(F)c(F)c1. The molecule has 0 bridgehead atoms. The maximum atomic E-state index is 13.2. The van der Waals surface area contributed by atoms with Gasteiger partial charge in [-0.25, -0.2) is 8.78 Å². The molecule has 1 N–H and O–H groups in total. The van der Waals surface area contributed by atoms with Crippen molar-refractivity contribution in [1.82, 2.24) is 5.32 Å². The summed E-state index contributed by atoms with van der Waals surface area (Å²) in [6.07, 6.45) is 7.93. The molecule has 1 aliphatic carbocycles. The van der Waals surface area contributed by atoms with Crippen LogP contribution in [0.1, 0.15) is 43.7 Å². The van der Waals surface area contributed by atoms with E-state index in [0.717, 1.165) is 24.8 Å². The van der Waals surface area contributed by atoms with Gasteiger partial charge in [-0.2, -0.15) is 0 Å². The van der Waals surface area contributed by atoms with Gasteiger partial charge in [0.25, 0.3) is 0 Å². The Labute approximate surface area is 107 Å². The monoisotopic (exact) mass is 251 g/mol. The van der Waals surface area contributed by atoms with Crippen molar-refractivity contribution in [3.63, 3.8) is 0 Å². The van der Waals surface area contributed by atoms with Gasteiger partial charge in [-0.15, -0.1) is 0 Å². The first-order chi connectivity index (χ1) is 8.70. The van der Waals surface area contributed by atoms with Crippen molar-refractivity contribution in [3.05, 3.63) is 47.0 Å². The lowest BCUT2D eigenvalue weighted by molar-refractivity contribution is 0.499. The molecule has 0 spiro atoms. The topological polar surface area (TPSA) is 12.0 Å². The summed E-state index contributed by atoms with van der Waals surface area (Å²) in [4.78, 5) is 0. The normalized spacial score (nSPS) is 17.4. The highest BCUT2D eigenvalue weighted by Crippen LogP contribution is 2.28. The molecule has 0 aromatic heterocycles. The summed E-state index contributed by atoms with van der Waals surface area (Å²) >= 11 is 0. The summed E-state index contributed by atoms with van der Waals surface area (Å²) in [6.45, 7) is 0. The van der Waals surface area contributed by atoms with Gasteiger partial charge in [0.1, 0.15) is 0 Å². The number of nitrogens with one attached hydrogen (secondary N) is 1. The van der Waals surface area contributed by atoms with Crippen LogP contribution < -0.4 is 5.32 Å². The fourth-order valence-corrected chi connectivity index (χ4v) is 2.47. The predicted molar refractivity (Wildman–Crippen MR) is 69.3 cm³/mol. The van der Waals surface area contributed by atoms with E-state index in [4.69, 9.17) is 0 Å². The Morgan fingerprint density at radius 3 is 2.67 bits per heavy atom. The van der Waals surface area contributed by atoms with Crippen molar-refractivity contribution in [1.29, 1.82) is 0 Å². The highest BCUT2D eigenvalue weighted by Gasteiger charge is 2.15. The van der Waals surface area contributed by atoms with Crippen LogP contribution in [0.4, 0.5) is 8.78 Å². The molecule has 98 valence electrons.